The predicted molar refractivity (Wildman–Crippen MR) is 67.0 cm³/mol. The highest BCUT2D eigenvalue weighted by molar-refractivity contribution is 7.91. The summed E-state index contributed by atoms with van der Waals surface area (Å²) in [7, 11) is -1.54. The zero-order valence-corrected chi connectivity index (χ0v) is 10.9. The third kappa shape index (κ3) is 3.00. The molecule has 1 aromatic carbocycles. The first-order valence-corrected chi connectivity index (χ1v) is 7.64. The first kappa shape index (κ1) is 12.4. The molecule has 1 aromatic rings. The summed E-state index contributed by atoms with van der Waals surface area (Å²) < 4.78 is 29.1. The van der Waals surface area contributed by atoms with Crippen molar-refractivity contribution in [2.75, 3.05) is 12.9 Å². The highest BCUT2D eigenvalue weighted by atomic mass is 32.2. The number of benzene rings is 1. The van der Waals surface area contributed by atoms with E-state index in [1.165, 1.54) is 19.3 Å². The molecule has 0 aromatic heterocycles. The Balaban J connectivity index is 2.02. The van der Waals surface area contributed by atoms with Gasteiger partial charge in [-0.1, -0.05) is 19.3 Å². The molecule has 0 saturated heterocycles. The SMILES string of the molecule is COc1ccc(S(=O)(=O)CCC2CCC2)cc1. The number of ether oxygens (including phenoxy) is 1. The fourth-order valence-electron chi connectivity index (χ4n) is 2.00. The molecule has 1 aliphatic rings. The maximum Gasteiger partial charge on any atom is 0.178 e. The monoisotopic (exact) mass is 254 g/mol. The summed E-state index contributed by atoms with van der Waals surface area (Å²) in [6.07, 6.45) is 4.44. The van der Waals surface area contributed by atoms with Crippen molar-refractivity contribution >= 4 is 9.84 Å². The number of rotatable bonds is 5. The normalized spacial score (nSPS) is 16.5. The molecule has 0 amide bonds. The number of hydrogen-bond donors (Lipinski definition) is 0. The third-order valence-electron chi connectivity index (χ3n) is 3.44. The van der Waals surface area contributed by atoms with Crippen LogP contribution in [0.5, 0.6) is 5.75 Å². The standard InChI is InChI=1S/C13H18O3S/c1-16-12-5-7-13(8-6-12)17(14,15)10-9-11-3-2-4-11/h5-8,11H,2-4,9-10H2,1H3. The van der Waals surface area contributed by atoms with E-state index in [1.807, 2.05) is 0 Å². The zero-order chi connectivity index (χ0) is 12.3. The van der Waals surface area contributed by atoms with E-state index in [2.05, 4.69) is 0 Å². The minimum absolute atomic E-state index is 0.268. The van der Waals surface area contributed by atoms with Crippen molar-refractivity contribution in [1.29, 1.82) is 0 Å². The quantitative estimate of drug-likeness (QED) is 0.811. The van der Waals surface area contributed by atoms with Gasteiger partial charge in [-0.15, -0.1) is 0 Å². The first-order chi connectivity index (χ1) is 8.12. The van der Waals surface area contributed by atoms with Crippen LogP contribution in [0.1, 0.15) is 25.7 Å². The van der Waals surface area contributed by atoms with E-state index < -0.39 is 9.84 Å². The summed E-state index contributed by atoms with van der Waals surface area (Å²) >= 11 is 0. The van der Waals surface area contributed by atoms with Crippen LogP contribution < -0.4 is 4.74 Å². The van der Waals surface area contributed by atoms with Gasteiger partial charge in [0.05, 0.1) is 17.8 Å². The lowest BCUT2D eigenvalue weighted by Crippen LogP contribution is -2.16. The Morgan fingerprint density at radius 1 is 1.24 bits per heavy atom. The van der Waals surface area contributed by atoms with Gasteiger partial charge in [-0.2, -0.15) is 0 Å². The second-order valence-corrected chi connectivity index (χ2v) is 6.69. The zero-order valence-electron chi connectivity index (χ0n) is 10.1. The second-order valence-electron chi connectivity index (χ2n) is 4.58. The Labute approximate surface area is 103 Å². The molecular weight excluding hydrogens is 236 g/mol. The van der Waals surface area contributed by atoms with Gasteiger partial charge in [0.15, 0.2) is 9.84 Å². The van der Waals surface area contributed by atoms with Crippen molar-refractivity contribution in [2.24, 2.45) is 5.92 Å². The lowest BCUT2D eigenvalue weighted by molar-refractivity contribution is 0.307. The van der Waals surface area contributed by atoms with E-state index in [1.54, 1.807) is 31.4 Å². The maximum absolute atomic E-state index is 12.0. The summed E-state index contributed by atoms with van der Waals surface area (Å²) in [5, 5.41) is 0. The average Bonchev–Trinajstić information content (AvgIpc) is 2.27. The molecule has 1 saturated carbocycles. The van der Waals surface area contributed by atoms with Gasteiger partial charge in [0, 0.05) is 0 Å². The summed E-state index contributed by atoms with van der Waals surface area (Å²) in [6, 6.07) is 6.62. The fraction of sp³-hybridized carbons (Fsp3) is 0.538. The van der Waals surface area contributed by atoms with Gasteiger partial charge in [-0.05, 0) is 36.6 Å². The van der Waals surface area contributed by atoms with Gasteiger partial charge in [-0.3, -0.25) is 0 Å². The molecule has 0 spiro atoms. The minimum Gasteiger partial charge on any atom is -0.497 e. The Kier molecular flexibility index (Phi) is 3.72. The molecule has 0 radical (unpaired) electrons. The van der Waals surface area contributed by atoms with Gasteiger partial charge in [-0.25, -0.2) is 8.42 Å². The molecule has 3 nitrogen and oxygen atoms in total. The summed E-state index contributed by atoms with van der Waals surface area (Å²) in [5.74, 6) is 1.58. The van der Waals surface area contributed by atoms with Gasteiger partial charge < -0.3 is 4.74 Å². The second kappa shape index (κ2) is 5.08. The summed E-state index contributed by atoms with van der Waals surface area (Å²) in [5.41, 5.74) is 0. The van der Waals surface area contributed by atoms with Crippen LogP contribution in [-0.4, -0.2) is 21.3 Å². The van der Waals surface area contributed by atoms with Crippen LogP contribution in [0.3, 0.4) is 0 Å². The van der Waals surface area contributed by atoms with Gasteiger partial charge in [0.1, 0.15) is 5.75 Å². The van der Waals surface area contributed by atoms with Crippen LogP contribution >= 0.6 is 0 Å². The topological polar surface area (TPSA) is 43.4 Å². The molecule has 17 heavy (non-hydrogen) atoms. The summed E-state index contributed by atoms with van der Waals surface area (Å²) in [6.45, 7) is 0. The predicted octanol–water partition coefficient (Wildman–Crippen LogP) is 2.66. The Hall–Kier alpha value is -1.03. The molecule has 2 rings (SSSR count). The van der Waals surface area contributed by atoms with Crippen LogP contribution in [0.4, 0.5) is 0 Å². The Morgan fingerprint density at radius 2 is 1.88 bits per heavy atom. The molecule has 0 aliphatic heterocycles. The number of hydrogen-bond acceptors (Lipinski definition) is 3. The molecule has 4 heteroatoms. The van der Waals surface area contributed by atoms with E-state index in [4.69, 9.17) is 4.74 Å². The van der Waals surface area contributed by atoms with Crippen molar-refractivity contribution < 1.29 is 13.2 Å². The van der Waals surface area contributed by atoms with Crippen molar-refractivity contribution in [2.45, 2.75) is 30.6 Å². The Morgan fingerprint density at radius 3 is 2.35 bits per heavy atom. The molecule has 94 valence electrons. The van der Waals surface area contributed by atoms with E-state index in [9.17, 15) is 8.42 Å². The summed E-state index contributed by atoms with van der Waals surface area (Å²) in [4.78, 5) is 0.401. The van der Waals surface area contributed by atoms with Crippen molar-refractivity contribution in [3.8, 4) is 5.75 Å². The first-order valence-electron chi connectivity index (χ1n) is 5.98. The van der Waals surface area contributed by atoms with Gasteiger partial charge in [0.2, 0.25) is 0 Å². The molecule has 0 N–H and O–H groups in total. The highest BCUT2D eigenvalue weighted by Crippen LogP contribution is 2.30. The molecule has 0 bridgehead atoms. The smallest absolute Gasteiger partial charge is 0.178 e. The van der Waals surface area contributed by atoms with Crippen molar-refractivity contribution in [3.05, 3.63) is 24.3 Å². The van der Waals surface area contributed by atoms with Crippen LogP contribution in [-0.2, 0) is 9.84 Å². The van der Waals surface area contributed by atoms with E-state index in [0.717, 1.165) is 6.42 Å². The molecule has 0 heterocycles. The van der Waals surface area contributed by atoms with Crippen molar-refractivity contribution in [3.63, 3.8) is 0 Å². The van der Waals surface area contributed by atoms with Gasteiger partial charge >= 0.3 is 0 Å². The van der Waals surface area contributed by atoms with E-state index in [0.29, 0.717) is 16.6 Å². The molecular formula is C13H18O3S. The average molecular weight is 254 g/mol. The highest BCUT2D eigenvalue weighted by Gasteiger charge is 2.21. The largest absolute Gasteiger partial charge is 0.497 e. The molecule has 1 aliphatic carbocycles. The third-order valence-corrected chi connectivity index (χ3v) is 5.20. The molecule has 0 unspecified atom stereocenters. The molecule has 0 atom stereocenters. The Bertz CT molecular complexity index is 458. The minimum atomic E-state index is -3.11. The molecule has 1 fully saturated rings. The van der Waals surface area contributed by atoms with E-state index in [-0.39, 0.29) is 5.75 Å². The van der Waals surface area contributed by atoms with Crippen LogP contribution in [0.25, 0.3) is 0 Å². The lowest BCUT2D eigenvalue weighted by Gasteiger charge is -2.24. The number of sulfone groups is 1. The van der Waals surface area contributed by atoms with E-state index >= 15 is 0 Å². The maximum atomic E-state index is 12.0. The van der Waals surface area contributed by atoms with Crippen LogP contribution in [0, 0.1) is 5.92 Å². The van der Waals surface area contributed by atoms with Crippen molar-refractivity contribution in [1.82, 2.24) is 0 Å². The van der Waals surface area contributed by atoms with Gasteiger partial charge in [0.25, 0.3) is 0 Å². The fourth-order valence-corrected chi connectivity index (χ4v) is 3.43. The lowest BCUT2D eigenvalue weighted by atomic mass is 9.84. The van der Waals surface area contributed by atoms with Crippen LogP contribution in [0.15, 0.2) is 29.2 Å². The van der Waals surface area contributed by atoms with Crippen LogP contribution in [0.2, 0.25) is 0 Å². The number of methoxy groups -OCH3 is 1.